The molecule has 0 bridgehead atoms. The Morgan fingerprint density at radius 1 is 1.00 bits per heavy atom. The van der Waals surface area contributed by atoms with Crippen LogP contribution in [0.15, 0.2) is 60.8 Å². The molecule has 0 saturated heterocycles. The molecule has 0 spiro atoms. The van der Waals surface area contributed by atoms with Crippen LogP contribution in [0.1, 0.15) is 24.0 Å². The first-order valence-corrected chi connectivity index (χ1v) is 7.03. The van der Waals surface area contributed by atoms with Crippen LogP contribution in [-0.4, -0.2) is 16.7 Å². The summed E-state index contributed by atoms with van der Waals surface area (Å²) in [4.78, 5) is 3.34. The fourth-order valence-corrected chi connectivity index (χ4v) is 2.93. The van der Waals surface area contributed by atoms with E-state index in [1.807, 2.05) is 12.1 Å². The van der Waals surface area contributed by atoms with Crippen molar-refractivity contribution >= 4 is 10.9 Å². The van der Waals surface area contributed by atoms with Crippen LogP contribution in [0, 0.1) is 5.92 Å². The first-order valence-electron chi connectivity index (χ1n) is 7.03. The SMILES string of the molecule is C[C@@H](CO)[C@H](c1ccccc1)c1c[nH]c2ccccc12. The predicted molar refractivity (Wildman–Crippen MR) is 82.8 cm³/mol. The number of benzene rings is 2. The number of hydrogen-bond acceptors (Lipinski definition) is 1. The zero-order valence-electron chi connectivity index (χ0n) is 11.6. The normalized spacial score (nSPS) is 14.3. The molecular formula is C18H19NO. The Balaban J connectivity index is 2.15. The molecule has 0 aliphatic rings. The molecule has 3 aromatic rings. The number of aromatic nitrogens is 1. The molecular weight excluding hydrogens is 246 g/mol. The highest BCUT2D eigenvalue weighted by molar-refractivity contribution is 5.84. The molecule has 2 heteroatoms. The van der Waals surface area contributed by atoms with Crippen LogP contribution in [0.3, 0.4) is 0 Å². The van der Waals surface area contributed by atoms with E-state index in [9.17, 15) is 5.11 Å². The molecule has 2 nitrogen and oxygen atoms in total. The number of rotatable bonds is 4. The topological polar surface area (TPSA) is 36.0 Å². The summed E-state index contributed by atoms with van der Waals surface area (Å²) in [5.41, 5.74) is 3.65. The fraction of sp³-hybridized carbons (Fsp3) is 0.222. The summed E-state index contributed by atoms with van der Waals surface area (Å²) in [5.74, 6) is 0.383. The molecule has 2 aromatic carbocycles. The number of hydrogen-bond donors (Lipinski definition) is 2. The molecule has 20 heavy (non-hydrogen) atoms. The second kappa shape index (κ2) is 5.51. The number of aliphatic hydroxyl groups is 1. The first-order chi connectivity index (χ1) is 9.81. The Bertz CT molecular complexity index is 687. The Morgan fingerprint density at radius 2 is 1.70 bits per heavy atom. The Hall–Kier alpha value is -2.06. The van der Waals surface area contributed by atoms with Gasteiger partial charge in [-0.3, -0.25) is 0 Å². The van der Waals surface area contributed by atoms with Crippen LogP contribution in [0.2, 0.25) is 0 Å². The summed E-state index contributed by atoms with van der Waals surface area (Å²) >= 11 is 0. The highest BCUT2D eigenvalue weighted by atomic mass is 16.3. The van der Waals surface area contributed by atoms with E-state index in [-0.39, 0.29) is 18.4 Å². The summed E-state index contributed by atoms with van der Waals surface area (Å²) in [6.07, 6.45) is 2.08. The molecule has 2 atom stereocenters. The van der Waals surface area contributed by atoms with E-state index in [0.717, 1.165) is 5.52 Å². The summed E-state index contributed by atoms with van der Waals surface area (Å²) in [5, 5.41) is 10.9. The molecule has 1 aromatic heterocycles. The molecule has 2 N–H and O–H groups in total. The average Bonchev–Trinajstić information content (AvgIpc) is 2.92. The molecule has 0 aliphatic heterocycles. The zero-order valence-corrected chi connectivity index (χ0v) is 11.6. The van der Waals surface area contributed by atoms with E-state index >= 15 is 0 Å². The summed E-state index contributed by atoms with van der Waals surface area (Å²) in [6.45, 7) is 2.28. The largest absolute Gasteiger partial charge is 0.396 e. The van der Waals surface area contributed by atoms with E-state index in [1.165, 1.54) is 16.5 Å². The fourth-order valence-electron chi connectivity index (χ4n) is 2.93. The van der Waals surface area contributed by atoms with Crippen LogP contribution >= 0.6 is 0 Å². The van der Waals surface area contributed by atoms with Crippen molar-refractivity contribution < 1.29 is 5.11 Å². The highest BCUT2D eigenvalue weighted by Gasteiger charge is 2.23. The number of para-hydroxylation sites is 1. The van der Waals surface area contributed by atoms with Gasteiger partial charge >= 0.3 is 0 Å². The summed E-state index contributed by atoms with van der Waals surface area (Å²) in [7, 11) is 0. The number of nitrogens with one attached hydrogen (secondary N) is 1. The van der Waals surface area contributed by atoms with E-state index < -0.39 is 0 Å². The maximum Gasteiger partial charge on any atom is 0.0465 e. The predicted octanol–water partition coefficient (Wildman–Crippen LogP) is 3.93. The van der Waals surface area contributed by atoms with E-state index in [0.29, 0.717) is 0 Å². The lowest BCUT2D eigenvalue weighted by molar-refractivity contribution is 0.225. The maximum atomic E-state index is 9.63. The Labute approximate surface area is 119 Å². The minimum atomic E-state index is 0.177. The van der Waals surface area contributed by atoms with E-state index in [4.69, 9.17) is 0 Å². The summed E-state index contributed by atoms with van der Waals surface area (Å²) in [6, 6.07) is 18.7. The molecule has 102 valence electrons. The molecule has 1 heterocycles. The van der Waals surface area contributed by atoms with E-state index in [1.54, 1.807) is 0 Å². The van der Waals surface area contributed by atoms with Gasteiger partial charge in [0.05, 0.1) is 0 Å². The Kier molecular flexibility index (Phi) is 3.57. The van der Waals surface area contributed by atoms with Crippen molar-refractivity contribution in [2.45, 2.75) is 12.8 Å². The number of aliphatic hydroxyl groups excluding tert-OH is 1. The Morgan fingerprint density at radius 3 is 2.45 bits per heavy atom. The average molecular weight is 265 g/mol. The van der Waals surface area contributed by atoms with Crippen LogP contribution < -0.4 is 0 Å². The molecule has 0 amide bonds. The van der Waals surface area contributed by atoms with E-state index in [2.05, 4.69) is 60.6 Å². The molecule has 0 radical (unpaired) electrons. The molecule has 0 fully saturated rings. The highest BCUT2D eigenvalue weighted by Crippen LogP contribution is 2.35. The molecule has 3 rings (SSSR count). The minimum absolute atomic E-state index is 0.177. The van der Waals surface area contributed by atoms with Gasteiger partial charge in [0, 0.05) is 29.6 Å². The van der Waals surface area contributed by atoms with Crippen molar-refractivity contribution in [3.8, 4) is 0 Å². The third-order valence-corrected chi connectivity index (χ3v) is 3.97. The number of fused-ring (bicyclic) bond motifs is 1. The second-order valence-electron chi connectivity index (χ2n) is 5.34. The standard InChI is InChI=1S/C18H19NO/c1-13(12-20)18(14-7-3-2-4-8-14)16-11-19-17-10-6-5-9-15(16)17/h2-11,13,18-20H,12H2,1H3/t13-,18+/m0/s1. The first kappa shape index (κ1) is 12.9. The van der Waals surface area contributed by atoms with Gasteiger partial charge in [-0.1, -0.05) is 55.5 Å². The van der Waals surface area contributed by atoms with Gasteiger partial charge in [0.15, 0.2) is 0 Å². The third kappa shape index (κ3) is 2.23. The lowest BCUT2D eigenvalue weighted by Gasteiger charge is -2.23. The molecule has 0 aliphatic carbocycles. The summed E-state index contributed by atoms with van der Waals surface area (Å²) < 4.78 is 0. The monoisotopic (exact) mass is 265 g/mol. The maximum absolute atomic E-state index is 9.63. The minimum Gasteiger partial charge on any atom is -0.396 e. The quantitative estimate of drug-likeness (QED) is 0.736. The second-order valence-corrected chi connectivity index (χ2v) is 5.34. The molecule has 0 unspecified atom stereocenters. The van der Waals surface area contributed by atoms with Gasteiger partial charge in [0.25, 0.3) is 0 Å². The van der Waals surface area contributed by atoms with Crippen LogP contribution in [0.4, 0.5) is 0 Å². The van der Waals surface area contributed by atoms with Gasteiger partial charge in [0.1, 0.15) is 0 Å². The van der Waals surface area contributed by atoms with Crippen molar-refractivity contribution in [2.75, 3.05) is 6.61 Å². The van der Waals surface area contributed by atoms with Gasteiger partial charge in [-0.2, -0.15) is 0 Å². The number of aromatic amines is 1. The van der Waals surface area contributed by atoms with Gasteiger partial charge in [0.2, 0.25) is 0 Å². The molecule has 0 saturated carbocycles. The lowest BCUT2D eigenvalue weighted by atomic mass is 9.82. The van der Waals surface area contributed by atoms with Crippen LogP contribution in [0.25, 0.3) is 10.9 Å². The van der Waals surface area contributed by atoms with Crippen molar-refractivity contribution in [2.24, 2.45) is 5.92 Å². The van der Waals surface area contributed by atoms with Crippen molar-refractivity contribution in [1.82, 2.24) is 4.98 Å². The van der Waals surface area contributed by atoms with Gasteiger partial charge in [-0.05, 0) is 23.1 Å². The van der Waals surface area contributed by atoms with Crippen molar-refractivity contribution in [3.63, 3.8) is 0 Å². The van der Waals surface area contributed by atoms with Crippen LogP contribution in [0.5, 0.6) is 0 Å². The third-order valence-electron chi connectivity index (χ3n) is 3.97. The van der Waals surface area contributed by atoms with Gasteiger partial charge < -0.3 is 10.1 Å². The zero-order chi connectivity index (χ0) is 13.9. The van der Waals surface area contributed by atoms with Gasteiger partial charge in [-0.25, -0.2) is 0 Å². The lowest BCUT2D eigenvalue weighted by Crippen LogP contribution is -2.14. The number of H-pyrrole nitrogens is 1. The van der Waals surface area contributed by atoms with Gasteiger partial charge in [-0.15, -0.1) is 0 Å². The van der Waals surface area contributed by atoms with Crippen molar-refractivity contribution in [1.29, 1.82) is 0 Å². The van der Waals surface area contributed by atoms with Crippen LogP contribution in [-0.2, 0) is 0 Å². The van der Waals surface area contributed by atoms with Crippen molar-refractivity contribution in [3.05, 3.63) is 71.9 Å². The smallest absolute Gasteiger partial charge is 0.0465 e.